The molecule has 49 heavy (non-hydrogen) atoms. The first-order valence-electron chi connectivity index (χ1n) is 16.6. The number of thiophene rings is 1. The number of hydrogen-bond acceptors (Lipinski definition) is 3. The zero-order valence-electron chi connectivity index (χ0n) is 26.5. The molecule has 0 amide bonds. The molecule has 2 aromatic heterocycles. The van der Waals surface area contributed by atoms with Gasteiger partial charge >= 0.3 is 0 Å². The Balaban J connectivity index is 1.25. The van der Waals surface area contributed by atoms with Gasteiger partial charge < -0.3 is 9.32 Å². The topological polar surface area (TPSA) is 16.4 Å². The Kier molecular flexibility index (Phi) is 6.39. The zero-order valence-corrected chi connectivity index (χ0v) is 27.3. The van der Waals surface area contributed by atoms with E-state index in [-0.39, 0.29) is 0 Å². The number of anilines is 3. The van der Waals surface area contributed by atoms with Gasteiger partial charge in [-0.15, -0.1) is 11.3 Å². The highest BCUT2D eigenvalue weighted by molar-refractivity contribution is 7.25. The van der Waals surface area contributed by atoms with Crippen molar-refractivity contribution in [2.75, 3.05) is 4.90 Å². The number of fused-ring (bicyclic) bond motifs is 7. The first kappa shape index (κ1) is 27.9. The number of nitrogens with zero attached hydrogens (tertiary/aromatic N) is 1. The lowest BCUT2D eigenvalue weighted by Gasteiger charge is -2.28. The van der Waals surface area contributed by atoms with E-state index in [1.807, 2.05) is 17.4 Å². The molecule has 0 saturated heterocycles. The van der Waals surface area contributed by atoms with Crippen LogP contribution in [0.25, 0.3) is 75.1 Å². The third-order valence-corrected chi connectivity index (χ3v) is 10.8. The summed E-state index contributed by atoms with van der Waals surface area (Å²) in [6.07, 6.45) is 0. The SMILES string of the molecule is c1cc(-c2ccc3ccccc3c2)cc(N(c2ccccc2-c2cccc3sc4ccccc4c23)c2cccc3c2oc2ccccc23)c1. The lowest BCUT2D eigenvalue weighted by molar-refractivity contribution is 0.669. The molecule has 0 saturated carbocycles. The number of furan rings is 1. The van der Waals surface area contributed by atoms with E-state index < -0.39 is 0 Å². The Morgan fingerprint density at radius 1 is 0.429 bits per heavy atom. The van der Waals surface area contributed by atoms with Crippen LogP contribution in [0.3, 0.4) is 0 Å². The summed E-state index contributed by atoms with van der Waals surface area (Å²) in [5.74, 6) is 0. The van der Waals surface area contributed by atoms with Gasteiger partial charge in [-0.05, 0) is 76.0 Å². The maximum absolute atomic E-state index is 6.69. The quantitative estimate of drug-likeness (QED) is 0.186. The maximum Gasteiger partial charge on any atom is 0.159 e. The molecule has 0 spiro atoms. The molecule has 0 bridgehead atoms. The monoisotopic (exact) mass is 643 g/mol. The van der Waals surface area contributed by atoms with Gasteiger partial charge in [-0.2, -0.15) is 0 Å². The number of hydrogen-bond donors (Lipinski definition) is 0. The number of benzene rings is 8. The normalized spacial score (nSPS) is 11.7. The lowest BCUT2D eigenvalue weighted by atomic mass is 9.96. The van der Waals surface area contributed by atoms with Gasteiger partial charge in [0.1, 0.15) is 5.58 Å². The average Bonchev–Trinajstić information content (AvgIpc) is 3.74. The van der Waals surface area contributed by atoms with Crippen molar-refractivity contribution in [3.63, 3.8) is 0 Å². The summed E-state index contributed by atoms with van der Waals surface area (Å²) < 4.78 is 9.28. The smallest absolute Gasteiger partial charge is 0.159 e. The highest BCUT2D eigenvalue weighted by atomic mass is 32.1. The van der Waals surface area contributed by atoms with Crippen LogP contribution in [0.1, 0.15) is 0 Å². The minimum atomic E-state index is 0.869. The number of rotatable bonds is 5. The Labute approximate surface area is 287 Å². The molecule has 2 nitrogen and oxygen atoms in total. The van der Waals surface area contributed by atoms with Crippen molar-refractivity contribution in [1.82, 2.24) is 0 Å². The van der Waals surface area contributed by atoms with E-state index in [1.165, 1.54) is 47.6 Å². The van der Waals surface area contributed by atoms with Crippen molar-refractivity contribution < 1.29 is 4.42 Å². The van der Waals surface area contributed by atoms with Gasteiger partial charge in [0.15, 0.2) is 5.58 Å². The zero-order chi connectivity index (χ0) is 32.3. The molecule has 3 heteroatoms. The van der Waals surface area contributed by atoms with Crippen LogP contribution in [0.4, 0.5) is 17.1 Å². The summed E-state index contributed by atoms with van der Waals surface area (Å²) in [4.78, 5) is 2.39. The molecule has 0 aliphatic carbocycles. The van der Waals surface area contributed by atoms with E-state index in [4.69, 9.17) is 4.42 Å². The van der Waals surface area contributed by atoms with E-state index in [1.54, 1.807) is 0 Å². The molecule has 0 radical (unpaired) electrons. The predicted molar refractivity (Wildman–Crippen MR) is 210 cm³/mol. The molecule has 10 aromatic rings. The third-order valence-electron chi connectivity index (χ3n) is 9.65. The first-order chi connectivity index (χ1) is 24.3. The van der Waals surface area contributed by atoms with Crippen molar-refractivity contribution in [1.29, 1.82) is 0 Å². The molecular weight excluding hydrogens is 615 g/mol. The first-order valence-corrected chi connectivity index (χ1v) is 17.4. The van der Waals surface area contributed by atoms with Crippen LogP contribution < -0.4 is 4.90 Å². The standard InChI is InChI=1S/C46H29NOS/c1-2-13-31-28-33(27-26-30(31)12-1)32-14-9-15-34(29-32)47(41-22-10-20-38-36-17-4-7-23-42(36)48-46(38)41)40-21-6-3-16-35(40)37-19-11-25-44-45(37)39-18-5-8-24-43(39)49-44/h1-29H. The summed E-state index contributed by atoms with van der Waals surface area (Å²) in [6, 6.07) is 63.2. The van der Waals surface area contributed by atoms with Crippen LogP contribution in [0.2, 0.25) is 0 Å². The fraction of sp³-hybridized carbons (Fsp3) is 0. The Hall–Kier alpha value is -6.16. The summed E-state index contributed by atoms with van der Waals surface area (Å²) in [7, 11) is 0. The van der Waals surface area contributed by atoms with Gasteiger partial charge in [-0.1, -0.05) is 127 Å². The molecule has 0 N–H and O–H groups in total. The van der Waals surface area contributed by atoms with E-state index in [9.17, 15) is 0 Å². The second kappa shape index (κ2) is 11.2. The minimum absolute atomic E-state index is 0.869. The average molecular weight is 644 g/mol. The van der Waals surface area contributed by atoms with Gasteiger partial charge in [-0.25, -0.2) is 0 Å². The van der Waals surface area contributed by atoms with Crippen LogP contribution >= 0.6 is 11.3 Å². The van der Waals surface area contributed by atoms with Crippen molar-refractivity contribution in [2.24, 2.45) is 0 Å². The van der Waals surface area contributed by atoms with Crippen molar-refractivity contribution in [3.05, 3.63) is 176 Å². The predicted octanol–water partition coefficient (Wildman–Crippen LogP) is 13.9. The van der Waals surface area contributed by atoms with Crippen LogP contribution in [0.5, 0.6) is 0 Å². The molecule has 230 valence electrons. The molecule has 2 heterocycles. The van der Waals surface area contributed by atoms with Crippen molar-refractivity contribution in [2.45, 2.75) is 0 Å². The summed E-state index contributed by atoms with van der Waals surface area (Å²) >= 11 is 1.85. The Morgan fingerprint density at radius 3 is 2.06 bits per heavy atom. The maximum atomic E-state index is 6.69. The van der Waals surface area contributed by atoms with Crippen LogP contribution in [-0.2, 0) is 0 Å². The fourth-order valence-electron chi connectivity index (χ4n) is 7.41. The van der Waals surface area contributed by atoms with Gasteiger partial charge in [0, 0.05) is 42.2 Å². The van der Waals surface area contributed by atoms with Gasteiger partial charge in [-0.3, -0.25) is 0 Å². The molecular formula is C46H29NOS. The van der Waals surface area contributed by atoms with Gasteiger partial charge in [0.2, 0.25) is 0 Å². The van der Waals surface area contributed by atoms with Crippen LogP contribution in [-0.4, -0.2) is 0 Å². The highest BCUT2D eigenvalue weighted by Crippen LogP contribution is 2.48. The molecule has 0 fully saturated rings. The lowest BCUT2D eigenvalue weighted by Crippen LogP contribution is -2.11. The summed E-state index contributed by atoms with van der Waals surface area (Å²) in [6.45, 7) is 0. The molecule has 0 unspecified atom stereocenters. The minimum Gasteiger partial charge on any atom is -0.454 e. The molecule has 8 aromatic carbocycles. The molecule has 0 atom stereocenters. The summed E-state index contributed by atoms with van der Waals surface area (Å²) in [5.41, 5.74) is 9.64. The van der Waals surface area contributed by atoms with Crippen LogP contribution in [0.15, 0.2) is 180 Å². The third kappa shape index (κ3) is 4.55. The molecule has 10 rings (SSSR count). The highest BCUT2D eigenvalue weighted by Gasteiger charge is 2.23. The van der Waals surface area contributed by atoms with Gasteiger partial charge in [0.05, 0.1) is 11.4 Å². The van der Waals surface area contributed by atoms with Crippen molar-refractivity contribution in [3.8, 4) is 22.3 Å². The van der Waals surface area contributed by atoms with E-state index in [2.05, 4.69) is 175 Å². The van der Waals surface area contributed by atoms with E-state index in [0.717, 1.165) is 44.6 Å². The second-order valence-electron chi connectivity index (χ2n) is 12.5. The van der Waals surface area contributed by atoms with E-state index in [0.29, 0.717) is 0 Å². The molecule has 0 aliphatic heterocycles. The van der Waals surface area contributed by atoms with Crippen LogP contribution in [0, 0.1) is 0 Å². The molecule has 0 aliphatic rings. The Bertz CT molecular complexity index is 2860. The van der Waals surface area contributed by atoms with E-state index >= 15 is 0 Å². The summed E-state index contributed by atoms with van der Waals surface area (Å²) in [5, 5.41) is 7.28. The van der Waals surface area contributed by atoms with Gasteiger partial charge in [0.25, 0.3) is 0 Å². The van der Waals surface area contributed by atoms with Crippen molar-refractivity contribution >= 4 is 81.3 Å². The second-order valence-corrected chi connectivity index (χ2v) is 13.6. The fourth-order valence-corrected chi connectivity index (χ4v) is 8.54. The Morgan fingerprint density at radius 2 is 1.10 bits per heavy atom. The number of para-hydroxylation sites is 3. The largest absolute Gasteiger partial charge is 0.454 e.